The van der Waals surface area contributed by atoms with Crippen molar-refractivity contribution in [3.8, 4) is 17.0 Å². The fourth-order valence-corrected chi connectivity index (χ4v) is 3.70. The highest BCUT2D eigenvalue weighted by molar-refractivity contribution is 5.74. The van der Waals surface area contributed by atoms with Gasteiger partial charge in [0, 0.05) is 42.4 Å². The molecule has 1 fully saturated rings. The Morgan fingerprint density at radius 1 is 0.967 bits per heavy atom. The summed E-state index contributed by atoms with van der Waals surface area (Å²) in [5, 5.41) is 3.35. The van der Waals surface area contributed by atoms with Gasteiger partial charge in [-0.1, -0.05) is 12.1 Å². The largest absolute Gasteiger partial charge is 0.497 e. The van der Waals surface area contributed by atoms with Gasteiger partial charge in [0.15, 0.2) is 11.5 Å². The molecule has 0 aliphatic carbocycles. The fraction of sp³-hybridized carbons (Fsp3) is 0.217. The Labute approximate surface area is 174 Å². The minimum Gasteiger partial charge on any atom is -0.497 e. The molecule has 0 atom stereocenters. The molecule has 0 amide bonds. The summed E-state index contributed by atoms with van der Waals surface area (Å²) in [4.78, 5) is 11.5. The molecule has 0 saturated carbocycles. The van der Waals surface area contributed by atoms with Gasteiger partial charge in [-0.3, -0.25) is 4.40 Å². The van der Waals surface area contributed by atoms with Crippen molar-refractivity contribution < 1.29 is 9.47 Å². The molecular weight excluding hydrogens is 378 g/mol. The molecule has 0 spiro atoms. The van der Waals surface area contributed by atoms with Crippen LogP contribution in [0.2, 0.25) is 0 Å². The molecule has 0 unspecified atom stereocenters. The van der Waals surface area contributed by atoms with Crippen LogP contribution >= 0.6 is 0 Å². The van der Waals surface area contributed by atoms with Crippen LogP contribution in [0.5, 0.6) is 5.75 Å². The summed E-state index contributed by atoms with van der Waals surface area (Å²) in [5.74, 6) is 1.52. The summed E-state index contributed by atoms with van der Waals surface area (Å²) in [5.41, 5.74) is 5.01. The summed E-state index contributed by atoms with van der Waals surface area (Å²) >= 11 is 0. The summed E-state index contributed by atoms with van der Waals surface area (Å²) in [7, 11) is 1.66. The molecule has 1 N–H and O–H groups in total. The molecular formula is C23H23N5O2. The third kappa shape index (κ3) is 3.55. The summed E-state index contributed by atoms with van der Waals surface area (Å²) < 4.78 is 12.7. The number of aromatic nitrogens is 3. The molecule has 152 valence electrons. The van der Waals surface area contributed by atoms with Crippen molar-refractivity contribution in [1.29, 1.82) is 0 Å². The Kier molecular flexibility index (Phi) is 4.94. The van der Waals surface area contributed by atoms with E-state index in [1.54, 1.807) is 13.3 Å². The number of morpholine rings is 1. The highest BCUT2D eigenvalue weighted by Crippen LogP contribution is 2.27. The second kappa shape index (κ2) is 8.04. The van der Waals surface area contributed by atoms with Crippen molar-refractivity contribution in [1.82, 2.24) is 14.4 Å². The van der Waals surface area contributed by atoms with Crippen LogP contribution < -0.4 is 15.0 Å². The smallest absolute Gasteiger partial charge is 0.180 e. The van der Waals surface area contributed by atoms with Crippen molar-refractivity contribution in [2.75, 3.05) is 43.6 Å². The fourth-order valence-electron chi connectivity index (χ4n) is 3.70. The van der Waals surface area contributed by atoms with E-state index < -0.39 is 0 Å². The lowest BCUT2D eigenvalue weighted by atomic mass is 10.1. The molecule has 1 saturated heterocycles. The van der Waals surface area contributed by atoms with Crippen LogP contribution in [0, 0.1) is 0 Å². The first-order valence-electron chi connectivity index (χ1n) is 9.98. The number of ether oxygens (including phenoxy) is 2. The van der Waals surface area contributed by atoms with Crippen LogP contribution in [0.4, 0.5) is 17.2 Å². The van der Waals surface area contributed by atoms with Gasteiger partial charge < -0.3 is 19.7 Å². The van der Waals surface area contributed by atoms with E-state index in [-0.39, 0.29) is 0 Å². The number of nitrogens with zero attached hydrogens (tertiary/aromatic N) is 4. The Morgan fingerprint density at radius 3 is 2.47 bits per heavy atom. The first-order chi connectivity index (χ1) is 14.8. The zero-order chi connectivity index (χ0) is 20.3. The van der Waals surface area contributed by atoms with E-state index in [4.69, 9.17) is 9.47 Å². The second-order valence-electron chi connectivity index (χ2n) is 7.11. The minimum atomic E-state index is 0.707. The second-order valence-corrected chi connectivity index (χ2v) is 7.11. The maximum Gasteiger partial charge on any atom is 0.180 e. The van der Waals surface area contributed by atoms with Crippen LogP contribution in [0.15, 0.2) is 67.1 Å². The molecule has 30 heavy (non-hydrogen) atoms. The van der Waals surface area contributed by atoms with Gasteiger partial charge in [-0.2, -0.15) is 0 Å². The lowest BCUT2D eigenvalue weighted by molar-refractivity contribution is 0.122. The predicted octanol–water partition coefficient (Wildman–Crippen LogP) is 3.99. The summed E-state index contributed by atoms with van der Waals surface area (Å²) in [6.45, 7) is 3.42. The SMILES string of the molecule is COc1ccc(Nc2ncc(-c3ccc(N4CCOCC4)cc3)n3ccnc23)cc1. The van der Waals surface area contributed by atoms with Crippen LogP contribution in [0.25, 0.3) is 16.9 Å². The van der Waals surface area contributed by atoms with Gasteiger partial charge in [0.25, 0.3) is 0 Å². The number of hydrogen-bond acceptors (Lipinski definition) is 6. The molecule has 7 heteroatoms. The Balaban J connectivity index is 1.43. The maximum absolute atomic E-state index is 5.45. The standard InChI is InChI=1S/C23H23N5O2/c1-29-20-8-4-18(5-9-20)26-22-23-24-10-11-28(23)21(16-25-22)17-2-6-19(7-3-17)27-12-14-30-15-13-27/h2-11,16H,12-15H2,1H3,(H,25,26). The zero-order valence-electron chi connectivity index (χ0n) is 16.8. The van der Waals surface area contributed by atoms with Crippen molar-refractivity contribution >= 4 is 22.8 Å². The topological polar surface area (TPSA) is 63.9 Å². The van der Waals surface area contributed by atoms with Crippen molar-refractivity contribution in [3.63, 3.8) is 0 Å². The number of nitrogens with one attached hydrogen (secondary N) is 1. The molecule has 2 aromatic carbocycles. The maximum atomic E-state index is 5.45. The van der Waals surface area contributed by atoms with Gasteiger partial charge in [-0.15, -0.1) is 0 Å². The number of rotatable bonds is 5. The van der Waals surface area contributed by atoms with Crippen molar-refractivity contribution in [2.45, 2.75) is 0 Å². The van der Waals surface area contributed by atoms with E-state index >= 15 is 0 Å². The van der Waals surface area contributed by atoms with E-state index in [1.807, 2.05) is 36.7 Å². The minimum absolute atomic E-state index is 0.707. The van der Waals surface area contributed by atoms with Gasteiger partial charge >= 0.3 is 0 Å². The number of benzene rings is 2. The third-order valence-corrected chi connectivity index (χ3v) is 5.32. The number of imidazole rings is 1. The first kappa shape index (κ1) is 18.4. The van der Waals surface area contributed by atoms with E-state index in [2.05, 4.69) is 48.9 Å². The van der Waals surface area contributed by atoms with E-state index in [0.717, 1.165) is 54.6 Å². The average molecular weight is 401 g/mol. The van der Waals surface area contributed by atoms with Crippen molar-refractivity contribution in [2.24, 2.45) is 0 Å². The van der Waals surface area contributed by atoms with Gasteiger partial charge in [0.2, 0.25) is 0 Å². The normalized spacial score (nSPS) is 14.1. The molecule has 1 aliphatic rings. The third-order valence-electron chi connectivity index (χ3n) is 5.32. The van der Waals surface area contributed by atoms with Gasteiger partial charge in [-0.25, -0.2) is 9.97 Å². The van der Waals surface area contributed by atoms with Crippen LogP contribution in [-0.4, -0.2) is 47.8 Å². The highest BCUT2D eigenvalue weighted by Gasteiger charge is 2.13. The van der Waals surface area contributed by atoms with Crippen molar-refractivity contribution in [3.05, 3.63) is 67.1 Å². The van der Waals surface area contributed by atoms with Gasteiger partial charge in [0.1, 0.15) is 5.75 Å². The van der Waals surface area contributed by atoms with Gasteiger partial charge in [-0.05, 0) is 36.4 Å². The zero-order valence-corrected chi connectivity index (χ0v) is 16.8. The number of fused-ring (bicyclic) bond motifs is 1. The van der Waals surface area contributed by atoms with Crippen LogP contribution in [0.3, 0.4) is 0 Å². The molecule has 0 bridgehead atoms. The predicted molar refractivity (Wildman–Crippen MR) is 118 cm³/mol. The monoisotopic (exact) mass is 401 g/mol. The number of anilines is 3. The summed E-state index contributed by atoms with van der Waals surface area (Å²) in [6, 6.07) is 16.3. The molecule has 4 aromatic rings. The summed E-state index contributed by atoms with van der Waals surface area (Å²) in [6.07, 6.45) is 5.63. The van der Waals surface area contributed by atoms with E-state index in [0.29, 0.717) is 5.82 Å². The molecule has 7 nitrogen and oxygen atoms in total. The molecule has 5 rings (SSSR count). The quantitative estimate of drug-likeness (QED) is 0.546. The van der Waals surface area contributed by atoms with Crippen LogP contribution in [0.1, 0.15) is 0 Å². The Hall–Kier alpha value is -3.58. The lowest BCUT2D eigenvalue weighted by Gasteiger charge is -2.28. The average Bonchev–Trinajstić information content (AvgIpc) is 3.31. The van der Waals surface area contributed by atoms with E-state index in [1.165, 1.54) is 5.69 Å². The molecule has 2 aromatic heterocycles. The Bertz CT molecular complexity index is 1130. The lowest BCUT2D eigenvalue weighted by Crippen LogP contribution is -2.36. The van der Waals surface area contributed by atoms with Crippen LogP contribution in [-0.2, 0) is 4.74 Å². The molecule has 0 radical (unpaired) electrons. The van der Waals surface area contributed by atoms with Gasteiger partial charge in [0.05, 0.1) is 32.2 Å². The molecule has 3 heterocycles. The first-order valence-corrected chi connectivity index (χ1v) is 9.98. The Morgan fingerprint density at radius 2 is 1.73 bits per heavy atom. The number of methoxy groups -OCH3 is 1. The number of hydrogen-bond donors (Lipinski definition) is 1. The molecule has 1 aliphatic heterocycles. The highest BCUT2D eigenvalue weighted by atomic mass is 16.5. The van der Waals surface area contributed by atoms with E-state index in [9.17, 15) is 0 Å².